The summed E-state index contributed by atoms with van der Waals surface area (Å²) in [6.45, 7) is 4.55. The summed E-state index contributed by atoms with van der Waals surface area (Å²) in [5.74, 6) is -2.13. The van der Waals surface area contributed by atoms with E-state index in [4.69, 9.17) is 9.47 Å². The fourth-order valence-electron chi connectivity index (χ4n) is 4.02. The number of aryl methyl sites for hydroxylation is 1. The van der Waals surface area contributed by atoms with Gasteiger partial charge in [-0.25, -0.2) is 22.8 Å². The molecule has 0 amide bonds. The molecule has 0 bridgehead atoms. The molecule has 0 spiro atoms. The molecule has 12 nitrogen and oxygen atoms in total. The molecule has 0 aliphatic rings. The highest BCUT2D eigenvalue weighted by molar-refractivity contribution is 7.92. The number of Topliss-reactive ketones (excluding diaryl/α,β-unsaturated/α-hetero) is 1. The Balaban J connectivity index is 1.56. The van der Waals surface area contributed by atoms with Crippen LogP contribution in [0.3, 0.4) is 0 Å². The molecule has 0 saturated heterocycles. The smallest absolute Gasteiger partial charge is 0.340 e. The number of benzene rings is 2. The second kappa shape index (κ2) is 10.0. The molecule has 0 radical (unpaired) electrons. The molecule has 0 fully saturated rings. The number of anilines is 1. The molecule has 4 rings (SSSR count). The SMILES string of the molecule is COC(=O)c1c(C)[nH]c(C(=O)[C@@H](C)OC(=O)c2ccccc2NS(=O)(=O)c2ccc3[nH]c(=O)[nH]c3c2)c1C. The monoisotopic (exact) mass is 540 g/mol. The second-order valence-electron chi connectivity index (χ2n) is 8.47. The first-order valence-corrected chi connectivity index (χ1v) is 12.8. The molecule has 2 heterocycles. The lowest BCUT2D eigenvalue weighted by Crippen LogP contribution is -2.26. The fraction of sp³-hybridized carbons (Fsp3) is 0.200. The van der Waals surface area contributed by atoms with Crippen molar-refractivity contribution >= 4 is 44.5 Å². The van der Waals surface area contributed by atoms with Crippen molar-refractivity contribution in [1.82, 2.24) is 15.0 Å². The zero-order valence-corrected chi connectivity index (χ0v) is 21.6. The van der Waals surface area contributed by atoms with E-state index in [0.29, 0.717) is 22.3 Å². The van der Waals surface area contributed by atoms with E-state index in [0.717, 1.165) is 0 Å². The maximum atomic E-state index is 13.0. The van der Waals surface area contributed by atoms with Crippen molar-refractivity contribution in [2.75, 3.05) is 11.8 Å². The van der Waals surface area contributed by atoms with Crippen LogP contribution in [0.15, 0.2) is 52.2 Å². The number of imidazole rings is 1. The molecule has 0 aliphatic carbocycles. The number of ether oxygens (including phenoxy) is 2. The third kappa shape index (κ3) is 4.95. The quantitative estimate of drug-likeness (QED) is 0.194. The molecule has 0 saturated carbocycles. The van der Waals surface area contributed by atoms with E-state index >= 15 is 0 Å². The van der Waals surface area contributed by atoms with Crippen LogP contribution in [0.4, 0.5) is 5.69 Å². The third-order valence-electron chi connectivity index (χ3n) is 5.92. The first-order chi connectivity index (χ1) is 17.9. The minimum absolute atomic E-state index is 0.0697. The summed E-state index contributed by atoms with van der Waals surface area (Å²) < 4.78 is 38.5. The van der Waals surface area contributed by atoms with Crippen LogP contribution in [-0.4, -0.2) is 54.3 Å². The third-order valence-corrected chi connectivity index (χ3v) is 7.28. The molecular formula is C25H24N4O8S. The van der Waals surface area contributed by atoms with Crippen molar-refractivity contribution < 1.29 is 32.3 Å². The number of methoxy groups -OCH3 is 1. The molecule has 0 unspecified atom stereocenters. The van der Waals surface area contributed by atoms with Crippen LogP contribution < -0.4 is 10.4 Å². The highest BCUT2D eigenvalue weighted by Gasteiger charge is 2.28. The average molecular weight is 541 g/mol. The van der Waals surface area contributed by atoms with Gasteiger partial charge in [0.25, 0.3) is 10.0 Å². The summed E-state index contributed by atoms with van der Waals surface area (Å²) in [6, 6.07) is 9.78. The maximum Gasteiger partial charge on any atom is 0.340 e. The molecule has 198 valence electrons. The number of H-pyrrole nitrogens is 3. The molecular weight excluding hydrogens is 516 g/mol. The Labute approximate surface area is 216 Å². The van der Waals surface area contributed by atoms with Gasteiger partial charge < -0.3 is 24.4 Å². The molecule has 38 heavy (non-hydrogen) atoms. The summed E-state index contributed by atoms with van der Waals surface area (Å²) in [6.07, 6.45) is -1.26. The van der Waals surface area contributed by atoms with Crippen LogP contribution in [0.5, 0.6) is 0 Å². The largest absolute Gasteiger partial charge is 0.465 e. The van der Waals surface area contributed by atoms with E-state index in [-0.39, 0.29) is 27.4 Å². The van der Waals surface area contributed by atoms with Crippen molar-refractivity contribution in [2.45, 2.75) is 31.8 Å². The molecule has 13 heteroatoms. The van der Waals surface area contributed by atoms with Gasteiger partial charge in [0, 0.05) is 5.69 Å². The Morgan fingerprint density at radius 3 is 2.34 bits per heavy atom. The lowest BCUT2D eigenvalue weighted by molar-refractivity contribution is 0.0317. The minimum Gasteiger partial charge on any atom is -0.465 e. The van der Waals surface area contributed by atoms with E-state index in [1.807, 2.05) is 0 Å². The number of sulfonamides is 1. The Bertz CT molecular complexity index is 1750. The highest BCUT2D eigenvalue weighted by Crippen LogP contribution is 2.24. The Morgan fingerprint density at radius 2 is 1.63 bits per heavy atom. The molecule has 0 aliphatic heterocycles. The number of hydrogen-bond acceptors (Lipinski definition) is 8. The summed E-state index contributed by atoms with van der Waals surface area (Å²) in [4.78, 5) is 57.2. The Morgan fingerprint density at radius 1 is 0.947 bits per heavy atom. The van der Waals surface area contributed by atoms with Gasteiger partial charge in [0.05, 0.1) is 45.5 Å². The predicted octanol–water partition coefficient (Wildman–Crippen LogP) is 2.82. The minimum atomic E-state index is -4.17. The number of hydrogen-bond donors (Lipinski definition) is 4. The second-order valence-corrected chi connectivity index (χ2v) is 10.1. The van der Waals surface area contributed by atoms with Crippen LogP contribution in [0, 0.1) is 13.8 Å². The zero-order valence-electron chi connectivity index (χ0n) is 20.8. The van der Waals surface area contributed by atoms with Crippen molar-refractivity contribution in [2.24, 2.45) is 0 Å². The average Bonchev–Trinajstić information content (AvgIpc) is 3.39. The molecule has 4 N–H and O–H groups in total. The number of rotatable bonds is 8. The summed E-state index contributed by atoms with van der Waals surface area (Å²) in [5.41, 5.74) is 1.15. The number of esters is 2. The fourth-order valence-corrected chi connectivity index (χ4v) is 5.12. The number of nitrogens with one attached hydrogen (secondary N) is 4. The number of aromatic nitrogens is 3. The van der Waals surface area contributed by atoms with Gasteiger partial charge in [0.1, 0.15) is 0 Å². The topological polar surface area (TPSA) is 180 Å². The van der Waals surface area contributed by atoms with Crippen molar-refractivity contribution in [3.05, 3.63) is 81.0 Å². The normalized spacial score (nSPS) is 12.2. The standard InChI is InChI=1S/C25H24N4O8S/c1-12-20(24(32)36-4)13(2)26-21(12)22(30)14(3)37-23(31)16-7-5-6-8-17(16)29-38(34,35)15-9-10-18-19(11-15)28-25(33)27-18/h5-11,14,26,29H,1-4H3,(H2,27,28,33)/t14-/m1/s1. The number of carbonyl (C=O) groups excluding carboxylic acids is 3. The number of fused-ring (bicyclic) bond motifs is 1. The highest BCUT2D eigenvalue weighted by atomic mass is 32.2. The molecule has 4 aromatic rings. The lowest BCUT2D eigenvalue weighted by Gasteiger charge is -2.15. The van der Waals surface area contributed by atoms with Crippen molar-refractivity contribution in [3.8, 4) is 0 Å². The van der Waals surface area contributed by atoms with Crippen LogP contribution >= 0.6 is 0 Å². The summed E-state index contributed by atoms with van der Waals surface area (Å²) in [7, 11) is -2.94. The Hall–Kier alpha value is -4.65. The van der Waals surface area contributed by atoms with Crippen LogP contribution in [0.1, 0.15) is 49.4 Å². The number of aromatic amines is 3. The Kier molecular flexibility index (Phi) is 6.96. The van der Waals surface area contributed by atoms with E-state index in [9.17, 15) is 27.6 Å². The predicted molar refractivity (Wildman–Crippen MR) is 137 cm³/mol. The van der Waals surface area contributed by atoms with Crippen LogP contribution in [0.25, 0.3) is 11.0 Å². The van der Waals surface area contributed by atoms with Gasteiger partial charge in [-0.15, -0.1) is 0 Å². The number of carbonyl (C=O) groups is 3. The number of ketones is 1. The number of para-hydroxylation sites is 1. The van der Waals surface area contributed by atoms with Crippen LogP contribution in [-0.2, 0) is 19.5 Å². The van der Waals surface area contributed by atoms with Crippen LogP contribution in [0.2, 0.25) is 0 Å². The van der Waals surface area contributed by atoms with Gasteiger partial charge >= 0.3 is 17.6 Å². The van der Waals surface area contributed by atoms with Gasteiger partial charge in [0.2, 0.25) is 5.78 Å². The molecule has 1 atom stereocenters. The summed E-state index contributed by atoms with van der Waals surface area (Å²) in [5, 5.41) is 0. The van der Waals surface area contributed by atoms with E-state index in [1.54, 1.807) is 13.8 Å². The van der Waals surface area contributed by atoms with E-state index in [1.165, 1.54) is 56.5 Å². The van der Waals surface area contributed by atoms with Gasteiger partial charge in [-0.05, 0) is 56.7 Å². The van der Waals surface area contributed by atoms with Gasteiger partial charge in [-0.3, -0.25) is 9.52 Å². The lowest BCUT2D eigenvalue weighted by atomic mass is 10.1. The summed E-state index contributed by atoms with van der Waals surface area (Å²) >= 11 is 0. The first-order valence-electron chi connectivity index (χ1n) is 11.3. The molecule has 2 aromatic heterocycles. The van der Waals surface area contributed by atoms with Gasteiger partial charge in [0.15, 0.2) is 6.10 Å². The van der Waals surface area contributed by atoms with E-state index in [2.05, 4.69) is 19.7 Å². The maximum absolute atomic E-state index is 13.0. The van der Waals surface area contributed by atoms with E-state index < -0.39 is 39.5 Å². The van der Waals surface area contributed by atoms with Crippen molar-refractivity contribution in [1.29, 1.82) is 0 Å². The van der Waals surface area contributed by atoms with Crippen molar-refractivity contribution in [3.63, 3.8) is 0 Å². The van der Waals surface area contributed by atoms with Gasteiger partial charge in [-0.1, -0.05) is 12.1 Å². The zero-order chi connectivity index (χ0) is 27.8. The first kappa shape index (κ1) is 26.4. The molecule has 2 aromatic carbocycles. The van der Waals surface area contributed by atoms with Gasteiger partial charge in [-0.2, -0.15) is 0 Å².